The van der Waals surface area contributed by atoms with Crippen molar-refractivity contribution >= 4 is 0 Å². The van der Waals surface area contributed by atoms with Gasteiger partial charge in [-0.1, -0.05) is 30.3 Å². The number of nitrogens with one attached hydrogen (secondary N) is 1. The van der Waals surface area contributed by atoms with E-state index in [1.54, 1.807) is 0 Å². The van der Waals surface area contributed by atoms with Gasteiger partial charge in [0.15, 0.2) is 0 Å². The molecule has 0 saturated carbocycles. The van der Waals surface area contributed by atoms with E-state index in [4.69, 9.17) is 0 Å². The fraction of sp³-hybridized carbons (Fsp3) is 0.538. The molecule has 3 nitrogen and oxygen atoms in total. The number of aliphatic hydroxyl groups excluding tert-OH is 2. The first-order valence-electron chi connectivity index (χ1n) is 5.77. The average molecular weight is 221 g/mol. The van der Waals surface area contributed by atoms with Crippen molar-refractivity contribution in [2.75, 3.05) is 26.3 Å². The van der Waals surface area contributed by atoms with Crippen LogP contribution in [0.15, 0.2) is 30.3 Å². The first-order chi connectivity index (χ1) is 7.80. The van der Waals surface area contributed by atoms with Crippen molar-refractivity contribution in [2.45, 2.75) is 6.42 Å². The van der Waals surface area contributed by atoms with Crippen LogP contribution in [0, 0.1) is 11.3 Å². The standard InChI is InChI=1S/C13H19NO2/c15-8-12-7-14-9-13(12,10-16)6-11-4-2-1-3-5-11/h1-5,12,14-16H,6-10H2/t12-,13+/m0/s1. The van der Waals surface area contributed by atoms with Crippen molar-refractivity contribution in [3.05, 3.63) is 35.9 Å². The molecule has 1 heterocycles. The van der Waals surface area contributed by atoms with Crippen LogP contribution in [-0.2, 0) is 6.42 Å². The molecule has 2 rings (SSSR count). The summed E-state index contributed by atoms with van der Waals surface area (Å²) in [5.41, 5.74) is 1.02. The highest BCUT2D eigenvalue weighted by Gasteiger charge is 2.41. The number of hydrogen-bond acceptors (Lipinski definition) is 3. The van der Waals surface area contributed by atoms with Crippen molar-refractivity contribution in [1.82, 2.24) is 5.32 Å². The summed E-state index contributed by atoms with van der Waals surface area (Å²) in [4.78, 5) is 0. The molecule has 1 saturated heterocycles. The third kappa shape index (κ3) is 2.12. The van der Waals surface area contributed by atoms with Gasteiger partial charge >= 0.3 is 0 Å². The minimum Gasteiger partial charge on any atom is -0.396 e. The molecule has 1 fully saturated rings. The summed E-state index contributed by atoms with van der Waals surface area (Å²) in [7, 11) is 0. The van der Waals surface area contributed by atoms with E-state index in [1.165, 1.54) is 5.56 Å². The van der Waals surface area contributed by atoms with Gasteiger partial charge in [-0.15, -0.1) is 0 Å². The van der Waals surface area contributed by atoms with Gasteiger partial charge in [0.2, 0.25) is 0 Å². The lowest BCUT2D eigenvalue weighted by molar-refractivity contribution is 0.0644. The maximum Gasteiger partial charge on any atom is 0.0506 e. The van der Waals surface area contributed by atoms with Crippen LogP contribution in [0.1, 0.15) is 5.56 Å². The molecule has 0 spiro atoms. The lowest BCUT2D eigenvalue weighted by Gasteiger charge is -2.32. The SMILES string of the molecule is OC[C@@H]1CNC[C@@]1(CO)Cc1ccccc1. The quantitative estimate of drug-likeness (QED) is 0.690. The van der Waals surface area contributed by atoms with Gasteiger partial charge in [0.1, 0.15) is 0 Å². The summed E-state index contributed by atoms with van der Waals surface area (Å²) < 4.78 is 0. The Bertz CT molecular complexity index is 328. The second kappa shape index (κ2) is 4.95. The molecule has 0 amide bonds. The van der Waals surface area contributed by atoms with Gasteiger partial charge in [0.05, 0.1) is 6.61 Å². The number of benzene rings is 1. The van der Waals surface area contributed by atoms with Gasteiger partial charge in [-0.3, -0.25) is 0 Å². The van der Waals surface area contributed by atoms with Gasteiger partial charge in [-0.2, -0.15) is 0 Å². The third-order valence-corrected chi connectivity index (χ3v) is 3.67. The van der Waals surface area contributed by atoms with Crippen LogP contribution < -0.4 is 5.32 Å². The minimum absolute atomic E-state index is 0.125. The van der Waals surface area contributed by atoms with E-state index >= 15 is 0 Å². The molecule has 0 unspecified atom stereocenters. The highest BCUT2D eigenvalue weighted by atomic mass is 16.3. The van der Waals surface area contributed by atoms with Gasteiger partial charge in [-0.05, 0) is 12.0 Å². The second-order valence-corrected chi connectivity index (χ2v) is 4.69. The highest BCUT2D eigenvalue weighted by molar-refractivity contribution is 5.18. The topological polar surface area (TPSA) is 52.5 Å². The summed E-state index contributed by atoms with van der Waals surface area (Å²) in [5, 5.41) is 22.3. The predicted octanol–water partition coefficient (Wildman–Crippen LogP) is 0.419. The van der Waals surface area contributed by atoms with Crippen LogP contribution >= 0.6 is 0 Å². The smallest absolute Gasteiger partial charge is 0.0506 e. The zero-order valence-electron chi connectivity index (χ0n) is 9.39. The predicted molar refractivity (Wildman–Crippen MR) is 63.1 cm³/mol. The van der Waals surface area contributed by atoms with E-state index in [0.717, 1.165) is 19.5 Å². The molecular weight excluding hydrogens is 202 g/mol. The number of aliphatic hydroxyl groups is 2. The Kier molecular flexibility index (Phi) is 3.59. The number of rotatable bonds is 4. The van der Waals surface area contributed by atoms with Gasteiger partial charge in [0.25, 0.3) is 0 Å². The Morgan fingerprint density at radius 3 is 2.62 bits per heavy atom. The van der Waals surface area contributed by atoms with Crippen LogP contribution in [0.2, 0.25) is 0 Å². The summed E-state index contributed by atoms with van der Waals surface area (Å²) in [6, 6.07) is 10.2. The Labute approximate surface area is 96.1 Å². The van der Waals surface area contributed by atoms with Gasteiger partial charge < -0.3 is 15.5 Å². The van der Waals surface area contributed by atoms with E-state index < -0.39 is 0 Å². The first kappa shape index (κ1) is 11.6. The molecule has 1 aromatic rings. The zero-order chi connectivity index (χ0) is 11.4. The maximum atomic E-state index is 9.63. The molecule has 1 aliphatic rings. The molecule has 3 N–H and O–H groups in total. The molecule has 2 atom stereocenters. The van der Waals surface area contributed by atoms with E-state index in [2.05, 4.69) is 17.4 Å². The molecule has 1 aliphatic heterocycles. The molecule has 0 aromatic heterocycles. The van der Waals surface area contributed by atoms with E-state index in [0.29, 0.717) is 0 Å². The molecule has 0 aliphatic carbocycles. The zero-order valence-corrected chi connectivity index (χ0v) is 9.39. The van der Waals surface area contributed by atoms with E-state index in [1.807, 2.05) is 18.2 Å². The van der Waals surface area contributed by atoms with Crippen molar-refractivity contribution in [3.63, 3.8) is 0 Å². The molecule has 0 bridgehead atoms. The van der Waals surface area contributed by atoms with E-state index in [9.17, 15) is 10.2 Å². The first-order valence-corrected chi connectivity index (χ1v) is 5.77. The molecular formula is C13H19NO2. The van der Waals surface area contributed by atoms with Crippen LogP contribution in [0.25, 0.3) is 0 Å². The Balaban J connectivity index is 2.16. The fourth-order valence-corrected chi connectivity index (χ4v) is 2.56. The highest BCUT2D eigenvalue weighted by Crippen LogP contribution is 2.34. The van der Waals surface area contributed by atoms with Gasteiger partial charge in [-0.25, -0.2) is 0 Å². The molecule has 1 aromatic carbocycles. The molecule has 0 radical (unpaired) electrons. The average Bonchev–Trinajstić information content (AvgIpc) is 2.74. The monoisotopic (exact) mass is 221 g/mol. The normalized spacial score (nSPS) is 29.5. The Morgan fingerprint density at radius 1 is 1.25 bits per heavy atom. The van der Waals surface area contributed by atoms with Crippen LogP contribution in [0.3, 0.4) is 0 Å². The molecule has 16 heavy (non-hydrogen) atoms. The summed E-state index contributed by atoms with van der Waals surface area (Å²) in [5.74, 6) is 0.151. The minimum atomic E-state index is -0.198. The van der Waals surface area contributed by atoms with Crippen LogP contribution in [-0.4, -0.2) is 36.5 Å². The Morgan fingerprint density at radius 2 is 2.00 bits per heavy atom. The van der Waals surface area contributed by atoms with Gasteiger partial charge in [0, 0.05) is 31.0 Å². The fourth-order valence-electron chi connectivity index (χ4n) is 2.56. The van der Waals surface area contributed by atoms with Crippen LogP contribution in [0.5, 0.6) is 0 Å². The maximum absolute atomic E-state index is 9.63. The van der Waals surface area contributed by atoms with Crippen molar-refractivity contribution < 1.29 is 10.2 Å². The largest absolute Gasteiger partial charge is 0.396 e. The molecule has 3 heteroatoms. The Hall–Kier alpha value is -0.900. The molecule has 88 valence electrons. The lowest BCUT2D eigenvalue weighted by Crippen LogP contribution is -2.38. The summed E-state index contributed by atoms with van der Waals surface area (Å²) in [6.07, 6.45) is 0.822. The summed E-state index contributed by atoms with van der Waals surface area (Å²) in [6.45, 7) is 1.84. The van der Waals surface area contributed by atoms with Crippen molar-refractivity contribution in [1.29, 1.82) is 0 Å². The third-order valence-electron chi connectivity index (χ3n) is 3.67. The van der Waals surface area contributed by atoms with Crippen molar-refractivity contribution in [3.8, 4) is 0 Å². The van der Waals surface area contributed by atoms with Crippen molar-refractivity contribution in [2.24, 2.45) is 11.3 Å². The second-order valence-electron chi connectivity index (χ2n) is 4.69. The lowest BCUT2D eigenvalue weighted by atomic mass is 9.74. The summed E-state index contributed by atoms with van der Waals surface area (Å²) >= 11 is 0. The van der Waals surface area contributed by atoms with Crippen LogP contribution in [0.4, 0.5) is 0 Å². The van der Waals surface area contributed by atoms with E-state index in [-0.39, 0.29) is 24.5 Å². The number of hydrogen-bond donors (Lipinski definition) is 3.